The van der Waals surface area contributed by atoms with Crippen molar-refractivity contribution in [1.29, 1.82) is 0 Å². The smallest absolute Gasteiger partial charge is 0.333 e. The van der Waals surface area contributed by atoms with Crippen LogP contribution in [0, 0.1) is 0 Å². The van der Waals surface area contributed by atoms with Gasteiger partial charge in [0.2, 0.25) is 0 Å². The van der Waals surface area contributed by atoms with Crippen molar-refractivity contribution < 1.29 is 13.6 Å². The van der Waals surface area contributed by atoms with Crippen LogP contribution in [0.4, 0.5) is 8.78 Å². The number of rotatable bonds is 5. The molecule has 0 spiro atoms. The van der Waals surface area contributed by atoms with Gasteiger partial charge in [0.05, 0.1) is 6.04 Å². The van der Waals surface area contributed by atoms with Crippen LogP contribution in [0.5, 0.6) is 0 Å². The van der Waals surface area contributed by atoms with E-state index in [9.17, 15) is 13.6 Å². The third-order valence-corrected chi connectivity index (χ3v) is 2.93. The minimum Gasteiger partial charge on any atom is -0.341 e. The molecule has 1 unspecified atom stereocenters. The first-order valence-electron chi connectivity index (χ1n) is 6.43. The van der Waals surface area contributed by atoms with Crippen molar-refractivity contribution in [2.24, 2.45) is 0 Å². The van der Waals surface area contributed by atoms with Crippen molar-refractivity contribution in [2.45, 2.75) is 39.4 Å². The molecular formula is C12H16F2N6O. The second-order valence-electron chi connectivity index (χ2n) is 4.84. The summed E-state index contributed by atoms with van der Waals surface area (Å²) in [6.45, 7) is 2.90. The molecule has 9 heteroatoms. The Balaban J connectivity index is 2.09. The van der Waals surface area contributed by atoms with Gasteiger partial charge in [0.25, 0.3) is 5.91 Å². The van der Waals surface area contributed by atoms with Crippen LogP contribution >= 0.6 is 0 Å². The van der Waals surface area contributed by atoms with E-state index in [2.05, 4.69) is 20.6 Å². The molecule has 2 rings (SSSR count). The minimum absolute atomic E-state index is 0.0715. The summed E-state index contributed by atoms with van der Waals surface area (Å²) in [6, 6.07) is 0.966. The summed E-state index contributed by atoms with van der Waals surface area (Å²) in [5.74, 6) is 0.0480. The predicted molar refractivity (Wildman–Crippen MR) is 69.8 cm³/mol. The van der Waals surface area contributed by atoms with Crippen molar-refractivity contribution >= 4 is 5.91 Å². The Bertz CT molecular complexity index is 621. The minimum atomic E-state index is -2.77. The number of hydrogen-bond donors (Lipinski definition) is 1. The molecule has 114 valence electrons. The molecular weight excluding hydrogens is 282 g/mol. The first-order chi connectivity index (χ1) is 9.90. The van der Waals surface area contributed by atoms with E-state index >= 15 is 0 Å². The summed E-state index contributed by atoms with van der Waals surface area (Å²) in [7, 11) is 0. The zero-order chi connectivity index (χ0) is 15.6. The van der Waals surface area contributed by atoms with Gasteiger partial charge in [0.1, 0.15) is 12.0 Å². The van der Waals surface area contributed by atoms with E-state index in [-0.39, 0.29) is 11.7 Å². The topological polar surface area (TPSA) is 77.6 Å². The molecule has 0 saturated carbocycles. The van der Waals surface area contributed by atoms with Gasteiger partial charge in [-0.3, -0.25) is 4.79 Å². The molecule has 2 aromatic rings. The molecule has 1 amide bonds. The van der Waals surface area contributed by atoms with Crippen LogP contribution in [0.2, 0.25) is 0 Å². The molecule has 2 aromatic heterocycles. The average molecular weight is 298 g/mol. The van der Waals surface area contributed by atoms with Gasteiger partial charge in [-0.1, -0.05) is 0 Å². The highest BCUT2D eigenvalue weighted by Gasteiger charge is 2.20. The third-order valence-electron chi connectivity index (χ3n) is 2.93. The molecule has 0 aliphatic heterocycles. The van der Waals surface area contributed by atoms with Gasteiger partial charge in [-0.15, -0.1) is 10.2 Å². The van der Waals surface area contributed by atoms with E-state index in [1.807, 2.05) is 18.4 Å². The maximum atomic E-state index is 12.4. The molecule has 0 radical (unpaired) electrons. The lowest BCUT2D eigenvalue weighted by Crippen LogP contribution is -2.29. The fourth-order valence-electron chi connectivity index (χ4n) is 1.86. The standard InChI is InChI=1S/C12H16F2N6O/c1-7(2)19-6-15-17-10(19)8(3)16-11(21)9-4-5-20(18-9)12(13)14/h4-8,12H,1-3H3,(H,16,21). The van der Waals surface area contributed by atoms with Crippen molar-refractivity contribution in [2.75, 3.05) is 0 Å². The van der Waals surface area contributed by atoms with Gasteiger partial charge in [0.15, 0.2) is 5.82 Å². The van der Waals surface area contributed by atoms with Crippen LogP contribution in [-0.4, -0.2) is 30.5 Å². The molecule has 21 heavy (non-hydrogen) atoms. The molecule has 0 aliphatic carbocycles. The van der Waals surface area contributed by atoms with Crippen LogP contribution in [-0.2, 0) is 0 Å². The number of nitrogens with zero attached hydrogens (tertiary/aromatic N) is 5. The van der Waals surface area contributed by atoms with Gasteiger partial charge in [-0.2, -0.15) is 13.9 Å². The summed E-state index contributed by atoms with van der Waals surface area (Å²) in [5.41, 5.74) is -0.0715. The number of carbonyl (C=O) groups is 1. The summed E-state index contributed by atoms with van der Waals surface area (Å²) >= 11 is 0. The number of hydrogen-bond acceptors (Lipinski definition) is 4. The van der Waals surface area contributed by atoms with Crippen LogP contribution in [0.1, 0.15) is 55.7 Å². The second kappa shape index (κ2) is 5.98. The molecule has 2 heterocycles. The first kappa shape index (κ1) is 15.1. The van der Waals surface area contributed by atoms with E-state index in [1.165, 1.54) is 6.07 Å². The van der Waals surface area contributed by atoms with Gasteiger partial charge < -0.3 is 9.88 Å². The van der Waals surface area contributed by atoms with Gasteiger partial charge in [0, 0.05) is 12.2 Å². The van der Waals surface area contributed by atoms with E-state index < -0.39 is 18.5 Å². The lowest BCUT2D eigenvalue weighted by molar-refractivity contribution is 0.0559. The number of halogens is 2. The van der Waals surface area contributed by atoms with Crippen LogP contribution in [0.15, 0.2) is 18.6 Å². The second-order valence-corrected chi connectivity index (χ2v) is 4.84. The van der Waals surface area contributed by atoms with Gasteiger partial charge >= 0.3 is 6.55 Å². The van der Waals surface area contributed by atoms with Crippen molar-refractivity contribution in [3.05, 3.63) is 30.1 Å². The monoisotopic (exact) mass is 298 g/mol. The Morgan fingerprint density at radius 1 is 1.33 bits per heavy atom. The Hall–Kier alpha value is -2.32. The van der Waals surface area contributed by atoms with E-state index in [4.69, 9.17) is 0 Å². The summed E-state index contributed by atoms with van der Waals surface area (Å²) in [5, 5.41) is 14.0. The Kier molecular flexibility index (Phi) is 4.29. The maximum Gasteiger partial charge on any atom is 0.333 e. The number of amides is 1. The first-order valence-corrected chi connectivity index (χ1v) is 6.43. The molecule has 0 saturated heterocycles. The molecule has 0 aromatic carbocycles. The van der Waals surface area contributed by atoms with E-state index in [0.29, 0.717) is 10.5 Å². The highest BCUT2D eigenvalue weighted by Crippen LogP contribution is 2.15. The Morgan fingerprint density at radius 2 is 2.05 bits per heavy atom. The average Bonchev–Trinajstić information content (AvgIpc) is 3.07. The fraction of sp³-hybridized carbons (Fsp3) is 0.500. The zero-order valence-corrected chi connectivity index (χ0v) is 11.9. The van der Waals surface area contributed by atoms with Gasteiger partial charge in [-0.25, -0.2) is 4.68 Å². The number of carbonyl (C=O) groups excluding carboxylic acids is 1. The highest BCUT2D eigenvalue weighted by molar-refractivity contribution is 5.92. The Morgan fingerprint density at radius 3 is 2.62 bits per heavy atom. The maximum absolute atomic E-state index is 12.4. The molecule has 0 bridgehead atoms. The quantitative estimate of drug-likeness (QED) is 0.915. The van der Waals surface area contributed by atoms with Crippen molar-refractivity contribution in [3.8, 4) is 0 Å². The summed E-state index contributed by atoms with van der Waals surface area (Å²) in [6.07, 6.45) is 2.63. The number of alkyl halides is 2. The zero-order valence-electron chi connectivity index (χ0n) is 11.9. The number of aromatic nitrogens is 5. The largest absolute Gasteiger partial charge is 0.341 e. The van der Waals surface area contributed by atoms with E-state index in [0.717, 1.165) is 6.20 Å². The molecule has 0 fully saturated rings. The summed E-state index contributed by atoms with van der Waals surface area (Å²) < 4.78 is 27.1. The van der Waals surface area contributed by atoms with Crippen molar-refractivity contribution in [1.82, 2.24) is 29.9 Å². The van der Waals surface area contributed by atoms with Crippen LogP contribution < -0.4 is 5.32 Å². The highest BCUT2D eigenvalue weighted by atomic mass is 19.3. The lowest BCUT2D eigenvalue weighted by atomic mass is 10.2. The third kappa shape index (κ3) is 3.23. The summed E-state index contributed by atoms with van der Waals surface area (Å²) in [4.78, 5) is 12.0. The van der Waals surface area contributed by atoms with Crippen molar-refractivity contribution in [3.63, 3.8) is 0 Å². The predicted octanol–water partition coefficient (Wildman–Crippen LogP) is 1.94. The molecule has 1 N–H and O–H groups in total. The Labute approximate surface area is 120 Å². The fourth-order valence-corrected chi connectivity index (χ4v) is 1.86. The van der Waals surface area contributed by atoms with Crippen LogP contribution in [0.3, 0.4) is 0 Å². The van der Waals surface area contributed by atoms with Crippen LogP contribution in [0.25, 0.3) is 0 Å². The van der Waals surface area contributed by atoms with Gasteiger partial charge in [-0.05, 0) is 26.8 Å². The number of nitrogens with one attached hydrogen (secondary N) is 1. The molecule has 0 aliphatic rings. The molecule has 7 nitrogen and oxygen atoms in total. The SMILES string of the molecule is CC(NC(=O)c1ccn(C(F)F)n1)c1nncn1C(C)C. The normalized spacial score (nSPS) is 12.9. The molecule has 1 atom stereocenters. The van der Waals surface area contributed by atoms with E-state index in [1.54, 1.807) is 13.3 Å². The lowest BCUT2D eigenvalue weighted by Gasteiger charge is -2.16.